The second-order valence-corrected chi connectivity index (χ2v) is 3.09. The molecule has 0 aliphatic carbocycles. The van der Waals surface area contributed by atoms with Crippen LogP contribution in [0.5, 0.6) is 11.5 Å². The lowest BCUT2D eigenvalue weighted by Gasteiger charge is -2.07. The monoisotopic (exact) mass is 183 g/mol. The minimum absolute atomic E-state index is 0.752. The molecule has 0 saturated heterocycles. The summed E-state index contributed by atoms with van der Waals surface area (Å²) in [5.41, 5.74) is 1.13. The van der Waals surface area contributed by atoms with Crippen LogP contribution in [0.1, 0.15) is 5.56 Å². The fraction of sp³-hybridized carbons (Fsp3) is 0.0769. The summed E-state index contributed by atoms with van der Waals surface area (Å²) in [6.07, 6.45) is 0. The molecule has 0 bridgehead atoms. The third-order valence-electron chi connectivity index (χ3n) is 1.99. The van der Waals surface area contributed by atoms with Crippen molar-refractivity contribution in [3.05, 3.63) is 60.2 Å². The molecule has 69 valence electrons. The van der Waals surface area contributed by atoms with Crippen molar-refractivity contribution in [2.24, 2.45) is 0 Å². The summed E-state index contributed by atoms with van der Waals surface area (Å²) in [7, 11) is 0. The first kappa shape index (κ1) is 8.82. The van der Waals surface area contributed by atoms with Crippen LogP contribution in [0, 0.1) is 13.0 Å². The maximum absolute atomic E-state index is 5.65. The number of hydrogen-bond donors (Lipinski definition) is 0. The van der Waals surface area contributed by atoms with Gasteiger partial charge in [0.15, 0.2) is 0 Å². The topological polar surface area (TPSA) is 9.23 Å². The highest BCUT2D eigenvalue weighted by Gasteiger charge is 1.98. The third-order valence-corrected chi connectivity index (χ3v) is 1.99. The molecule has 0 aromatic heterocycles. The molecule has 1 heteroatoms. The van der Waals surface area contributed by atoms with Crippen LogP contribution in [0.25, 0.3) is 0 Å². The predicted molar refractivity (Wildman–Crippen MR) is 56.5 cm³/mol. The Hall–Kier alpha value is -1.76. The van der Waals surface area contributed by atoms with Crippen LogP contribution >= 0.6 is 0 Å². The molecule has 0 aliphatic heterocycles. The normalized spacial score (nSPS) is 9.79. The summed E-state index contributed by atoms with van der Waals surface area (Å²) in [5.74, 6) is 1.64. The van der Waals surface area contributed by atoms with E-state index in [2.05, 4.69) is 6.07 Å². The molecule has 0 aliphatic rings. The van der Waals surface area contributed by atoms with Gasteiger partial charge in [-0.15, -0.1) is 0 Å². The van der Waals surface area contributed by atoms with Gasteiger partial charge in [0.25, 0.3) is 0 Å². The Bertz CT molecular complexity index is 407. The number of benzene rings is 2. The Morgan fingerprint density at radius 1 is 1.00 bits per heavy atom. The Kier molecular flexibility index (Phi) is 2.50. The zero-order valence-corrected chi connectivity index (χ0v) is 8.03. The first-order chi connectivity index (χ1) is 6.86. The van der Waals surface area contributed by atoms with Gasteiger partial charge < -0.3 is 4.74 Å². The van der Waals surface area contributed by atoms with Crippen molar-refractivity contribution in [3.63, 3.8) is 0 Å². The lowest BCUT2D eigenvalue weighted by molar-refractivity contribution is 0.478. The number of aryl methyl sites for hydroxylation is 1. The van der Waals surface area contributed by atoms with Crippen molar-refractivity contribution in [2.75, 3.05) is 0 Å². The molecule has 0 spiro atoms. The first-order valence-corrected chi connectivity index (χ1v) is 4.56. The van der Waals surface area contributed by atoms with Gasteiger partial charge in [0.05, 0.1) is 0 Å². The molecule has 0 amide bonds. The van der Waals surface area contributed by atoms with Gasteiger partial charge in [0.1, 0.15) is 11.5 Å². The fourth-order valence-corrected chi connectivity index (χ4v) is 1.23. The molecule has 0 fully saturated rings. The molecule has 0 unspecified atom stereocenters. The Morgan fingerprint density at radius 2 is 1.79 bits per heavy atom. The molecule has 2 aromatic carbocycles. The maximum atomic E-state index is 5.65. The Morgan fingerprint density at radius 3 is 2.50 bits per heavy atom. The summed E-state index contributed by atoms with van der Waals surface area (Å²) < 4.78 is 5.65. The van der Waals surface area contributed by atoms with E-state index < -0.39 is 0 Å². The molecular formula is C13H11O. The molecule has 0 N–H and O–H groups in total. The zero-order valence-electron chi connectivity index (χ0n) is 8.03. The number of hydrogen-bond acceptors (Lipinski definition) is 1. The van der Waals surface area contributed by atoms with E-state index >= 15 is 0 Å². The highest BCUT2D eigenvalue weighted by molar-refractivity contribution is 5.36. The van der Waals surface area contributed by atoms with Crippen molar-refractivity contribution in [2.45, 2.75) is 6.92 Å². The lowest BCUT2D eigenvalue weighted by Crippen LogP contribution is -1.86. The molecule has 1 radical (unpaired) electrons. The number of ether oxygens (including phenoxy) is 1. The van der Waals surface area contributed by atoms with Crippen LogP contribution in [0.2, 0.25) is 0 Å². The average molecular weight is 183 g/mol. The van der Waals surface area contributed by atoms with Crippen molar-refractivity contribution in [3.8, 4) is 11.5 Å². The highest BCUT2D eigenvalue weighted by atomic mass is 16.5. The van der Waals surface area contributed by atoms with E-state index in [0.29, 0.717) is 0 Å². The van der Waals surface area contributed by atoms with Crippen LogP contribution in [0.3, 0.4) is 0 Å². The molecule has 1 nitrogen and oxygen atoms in total. The minimum atomic E-state index is 0.752. The number of rotatable bonds is 2. The molecule has 0 heterocycles. The van der Waals surface area contributed by atoms with E-state index in [1.165, 1.54) is 0 Å². The van der Waals surface area contributed by atoms with Gasteiger partial charge in [-0.3, -0.25) is 0 Å². The molecule has 14 heavy (non-hydrogen) atoms. The summed E-state index contributed by atoms with van der Waals surface area (Å²) in [4.78, 5) is 0. The highest BCUT2D eigenvalue weighted by Crippen LogP contribution is 2.23. The van der Waals surface area contributed by atoms with Crippen molar-refractivity contribution < 1.29 is 4.74 Å². The van der Waals surface area contributed by atoms with Crippen LogP contribution in [0.4, 0.5) is 0 Å². The molecule has 2 aromatic rings. The zero-order chi connectivity index (χ0) is 9.80. The molecular weight excluding hydrogens is 172 g/mol. The maximum Gasteiger partial charge on any atom is 0.135 e. The Balaban J connectivity index is 2.24. The van der Waals surface area contributed by atoms with Gasteiger partial charge in [-0.05, 0) is 24.6 Å². The van der Waals surface area contributed by atoms with E-state index in [1.807, 2.05) is 55.5 Å². The predicted octanol–water partition coefficient (Wildman–Crippen LogP) is 3.59. The smallest absolute Gasteiger partial charge is 0.135 e. The van der Waals surface area contributed by atoms with E-state index in [-0.39, 0.29) is 0 Å². The van der Waals surface area contributed by atoms with Crippen molar-refractivity contribution in [1.82, 2.24) is 0 Å². The standard InChI is InChI=1S/C13H11O/c1-11-7-5-6-10-13(11)14-12-8-3-2-4-9-12/h2-8,10H,1H3. The van der Waals surface area contributed by atoms with Crippen LogP contribution in [0.15, 0.2) is 48.5 Å². The van der Waals surface area contributed by atoms with E-state index in [1.54, 1.807) is 0 Å². The Labute approximate surface area is 84.0 Å². The fourth-order valence-electron chi connectivity index (χ4n) is 1.23. The van der Waals surface area contributed by atoms with Gasteiger partial charge >= 0.3 is 0 Å². The third kappa shape index (κ3) is 1.94. The summed E-state index contributed by atoms with van der Waals surface area (Å²) in [5, 5.41) is 0. The van der Waals surface area contributed by atoms with Crippen LogP contribution in [-0.2, 0) is 0 Å². The summed E-state index contributed by atoms with van der Waals surface area (Å²) >= 11 is 0. The molecule has 2 rings (SSSR count). The first-order valence-electron chi connectivity index (χ1n) is 4.56. The van der Waals surface area contributed by atoms with E-state index in [4.69, 9.17) is 4.74 Å². The quantitative estimate of drug-likeness (QED) is 0.691. The second kappa shape index (κ2) is 3.97. The second-order valence-electron chi connectivity index (χ2n) is 3.09. The van der Waals surface area contributed by atoms with Crippen LogP contribution in [-0.4, -0.2) is 0 Å². The van der Waals surface area contributed by atoms with E-state index in [9.17, 15) is 0 Å². The van der Waals surface area contributed by atoms with Gasteiger partial charge in [0, 0.05) is 6.07 Å². The van der Waals surface area contributed by atoms with Crippen molar-refractivity contribution in [1.29, 1.82) is 0 Å². The number of para-hydroxylation sites is 2. The summed E-state index contributed by atoms with van der Waals surface area (Å²) in [6.45, 7) is 2.03. The van der Waals surface area contributed by atoms with E-state index in [0.717, 1.165) is 17.1 Å². The lowest BCUT2D eigenvalue weighted by atomic mass is 10.2. The van der Waals surface area contributed by atoms with Gasteiger partial charge in [-0.1, -0.05) is 36.4 Å². The van der Waals surface area contributed by atoms with Gasteiger partial charge in [-0.25, -0.2) is 0 Å². The average Bonchev–Trinajstić information content (AvgIpc) is 2.23. The minimum Gasteiger partial charge on any atom is -0.456 e. The summed E-state index contributed by atoms with van der Waals surface area (Å²) in [6, 6.07) is 18.6. The van der Waals surface area contributed by atoms with Crippen LogP contribution < -0.4 is 4.74 Å². The largest absolute Gasteiger partial charge is 0.456 e. The van der Waals surface area contributed by atoms with Gasteiger partial charge in [0.2, 0.25) is 0 Å². The molecule has 0 atom stereocenters. The van der Waals surface area contributed by atoms with Gasteiger partial charge in [-0.2, -0.15) is 0 Å². The SMILES string of the molecule is Cc1ccccc1Oc1[c]cccc1. The van der Waals surface area contributed by atoms with Crippen molar-refractivity contribution >= 4 is 0 Å². The molecule has 0 saturated carbocycles.